The first-order valence-electron chi connectivity index (χ1n) is 7.95. The number of benzene rings is 1. The summed E-state index contributed by atoms with van der Waals surface area (Å²) in [5.74, 6) is -0.545. The van der Waals surface area contributed by atoms with Crippen LogP contribution in [0.5, 0.6) is 5.75 Å². The van der Waals surface area contributed by atoms with Crippen LogP contribution in [0.25, 0.3) is 10.4 Å². The molecule has 1 fully saturated rings. The lowest BCUT2D eigenvalue weighted by Crippen LogP contribution is -2.33. The number of carbonyl (C=O) groups is 1. The van der Waals surface area contributed by atoms with Crippen molar-refractivity contribution >= 4 is 29.7 Å². The van der Waals surface area contributed by atoms with Crippen molar-refractivity contribution in [2.75, 3.05) is 19.6 Å². The molecule has 2 aromatic rings. The maximum Gasteiger partial charge on any atom is 0.573 e. The van der Waals surface area contributed by atoms with Gasteiger partial charge in [0, 0.05) is 30.4 Å². The monoisotopic (exact) mass is 422 g/mol. The zero-order chi connectivity index (χ0) is 18.7. The molecule has 27 heavy (non-hydrogen) atoms. The largest absolute Gasteiger partial charge is 0.573 e. The van der Waals surface area contributed by atoms with Gasteiger partial charge < -0.3 is 20.5 Å². The highest BCUT2D eigenvalue weighted by molar-refractivity contribution is 7.17. The number of alkyl halides is 3. The van der Waals surface area contributed by atoms with Gasteiger partial charge >= 0.3 is 6.36 Å². The smallest absolute Gasteiger partial charge is 0.406 e. The van der Waals surface area contributed by atoms with Crippen LogP contribution in [0, 0.1) is 5.92 Å². The first-order chi connectivity index (χ1) is 12.3. The van der Waals surface area contributed by atoms with Crippen LogP contribution in [-0.2, 0) is 0 Å². The Morgan fingerprint density at radius 2 is 1.93 bits per heavy atom. The van der Waals surface area contributed by atoms with Crippen LogP contribution in [0.4, 0.5) is 13.2 Å². The van der Waals surface area contributed by atoms with Crippen LogP contribution in [0.3, 0.4) is 0 Å². The van der Waals surface area contributed by atoms with E-state index in [0.29, 0.717) is 30.1 Å². The molecule has 10 heteroatoms. The van der Waals surface area contributed by atoms with Crippen molar-refractivity contribution in [2.24, 2.45) is 5.92 Å². The van der Waals surface area contributed by atoms with Gasteiger partial charge in [0.1, 0.15) is 5.75 Å². The Kier molecular flexibility index (Phi) is 7.10. The van der Waals surface area contributed by atoms with Gasteiger partial charge in [0.05, 0.1) is 11.0 Å². The number of thiophene rings is 1. The van der Waals surface area contributed by atoms with Crippen molar-refractivity contribution in [2.45, 2.75) is 12.5 Å². The number of halogens is 4. The second kappa shape index (κ2) is 8.92. The number of rotatable bonds is 5. The minimum Gasteiger partial charge on any atom is -0.406 e. The maximum absolute atomic E-state index is 12.2. The summed E-state index contributed by atoms with van der Waals surface area (Å²) >= 11 is 1.24. The van der Waals surface area contributed by atoms with E-state index in [1.54, 1.807) is 12.1 Å². The van der Waals surface area contributed by atoms with Crippen LogP contribution < -0.4 is 15.4 Å². The first kappa shape index (κ1) is 21.5. The zero-order valence-electron chi connectivity index (χ0n) is 14.0. The normalized spacial score (nSPS) is 19.4. The van der Waals surface area contributed by atoms with Crippen molar-refractivity contribution in [3.63, 3.8) is 0 Å². The Bertz CT molecular complexity index is 768. The number of hydrogen-bond acceptors (Lipinski definition) is 5. The molecule has 1 aromatic carbocycles. The van der Waals surface area contributed by atoms with Crippen molar-refractivity contribution < 1.29 is 27.8 Å². The van der Waals surface area contributed by atoms with E-state index in [0.717, 1.165) is 4.88 Å². The fraction of sp³-hybridized carbons (Fsp3) is 0.353. The standard InChI is InChI=1S/C17H17F3N2O3S.ClH/c18-17(19,20)25-12-3-1-10(2-4-12)14-5-6-15(26-14)16(24)22-8-11-7-21-9-13(11)23;/h1-6,11,13,21,23H,7-9H2,(H,22,24);1H. The minimum absolute atomic E-state index is 0. The average Bonchev–Trinajstić information content (AvgIpc) is 3.21. The maximum atomic E-state index is 12.2. The second-order valence-corrected chi connectivity index (χ2v) is 7.02. The predicted molar refractivity (Wildman–Crippen MR) is 98.4 cm³/mol. The number of ether oxygens (including phenoxy) is 1. The lowest BCUT2D eigenvalue weighted by Gasteiger charge is -2.13. The molecule has 1 aliphatic rings. The minimum atomic E-state index is -4.72. The van der Waals surface area contributed by atoms with Gasteiger partial charge in [-0.05, 0) is 42.0 Å². The van der Waals surface area contributed by atoms with E-state index in [-0.39, 0.29) is 30.0 Å². The molecule has 5 nitrogen and oxygen atoms in total. The Morgan fingerprint density at radius 1 is 1.22 bits per heavy atom. The summed E-state index contributed by atoms with van der Waals surface area (Å²) in [7, 11) is 0. The molecule has 0 radical (unpaired) electrons. The summed E-state index contributed by atoms with van der Waals surface area (Å²) < 4.78 is 40.4. The lowest BCUT2D eigenvalue weighted by molar-refractivity contribution is -0.274. The van der Waals surface area contributed by atoms with Crippen LogP contribution in [0.2, 0.25) is 0 Å². The molecule has 3 N–H and O–H groups in total. The van der Waals surface area contributed by atoms with Gasteiger partial charge in [-0.25, -0.2) is 0 Å². The van der Waals surface area contributed by atoms with Gasteiger partial charge in [-0.3, -0.25) is 4.79 Å². The molecule has 0 spiro atoms. The fourth-order valence-electron chi connectivity index (χ4n) is 2.67. The van der Waals surface area contributed by atoms with Gasteiger partial charge in [0.25, 0.3) is 5.91 Å². The van der Waals surface area contributed by atoms with Crippen molar-refractivity contribution in [3.05, 3.63) is 41.3 Å². The molecule has 2 atom stereocenters. The van der Waals surface area contributed by atoms with Gasteiger partial charge in [-0.1, -0.05) is 0 Å². The Morgan fingerprint density at radius 3 is 2.52 bits per heavy atom. The molecule has 0 aliphatic carbocycles. The number of carbonyl (C=O) groups excluding carboxylic acids is 1. The molecule has 0 bridgehead atoms. The number of amides is 1. The Labute approximate surface area is 163 Å². The molecule has 2 heterocycles. The van der Waals surface area contributed by atoms with Crippen LogP contribution in [0.1, 0.15) is 9.67 Å². The number of aliphatic hydroxyl groups excluding tert-OH is 1. The van der Waals surface area contributed by atoms with Crippen molar-refractivity contribution in [1.82, 2.24) is 10.6 Å². The average molecular weight is 423 g/mol. The van der Waals surface area contributed by atoms with Gasteiger partial charge in [0.15, 0.2) is 0 Å². The third-order valence-electron chi connectivity index (χ3n) is 4.03. The third-order valence-corrected chi connectivity index (χ3v) is 5.16. The molecule has 148 valence electrons. The van der Waals surface area contributed by atoms with E-state index in [1.165, 1.54) is 35.6 Å². The van der Waals surface area contributed by atoms with E-state index in [9.17, 15) is 23.1 Å². The van der Waals surface area contributed by atoms with E-state index >= 15 is 0 Å². The SMILES string of the molecule is Cl.O=C(NCC1CNCC1O)c1ccc(-c2ccc(OC(F)(F)F)cc2)s1. The molecule has 1 aromatic heterocycles. The predicted octanol–water partition coefficient (Wildman–Crippen LogP) is 3.05. The van der Waals surface area contributed by atoms with Gasteiger partial charge in [-0.15, -0.1) is 36.9 Å². The van der Waals surface area contributed by atoms with Crippen LogP contribution in [-0.4, -0.2) is 43.1 Å². The lowest BCUT2D eigenvalue weighted by atomic mass is 10.1. The first-order valence-corrected chi connectivity index (χ1v) is 8.76. The third kappa shape index (κ3) is 5.83. The summed E-state index contributed by atoms with van der Waals surface area (Å²) in [5.41, 5.74) is 0.694. The second-order valence-electron chi connectivity index (χ2n) is 5.93. The molecular formula is C17H18ClF3N2O3S. The summed E-state index contributed by atoms with van der Waals surface area (Å²) in [6, 6.07) is 8.89. The highest BCUT2D eigenvalue weighted by Crippen LogP contribution is 2.31. The Hall–Kier alpha value is -1.81. The van der Waals surface area contributed by atoms with E-state index in [4.69, 9.17) is 0 Å². The quantitative estimate of drug-likeness (QED) is 0.692. The number of aliphatic hydroxyl groups is 1. The van der Waals surface area contributed by atoms with Crippen LogP contribution in [0.15, 0.2) is 36.4 Å². The number of β-amino-alcohol motifs (C(OH)–C–C–N with tert-alkyl or cyclic N) is 1. The fourth-order valence-corrected chi connectivity index (χ4v) is 3.60. The molecule has 2 unspecified atom stereocenters. The van der Waals surface area contributed by atoms with Crippen molar-refractivity contribution in [3.8, 4) is 16.2 Å². The molecule has 3 rings (SSSR count). The highest BCUT2D eigenvalue weighted by atomic mass is 35.5. The molecule has 1 saturated heterocycles. The molecule has 1 amide bonds. The summed E-state index contributed by atoms with van der Waals surface area (Å²) in [5, 5.41) is 15.6. The summed E-state index contributed by atoms with van der Waals surface area (Å²) in [4.78, 5) is 13.5. The topological polar surface area (TPSA) is 70.6 Å². The van der Waals surface area contributed by atoms with E-state index in [1.807, 2.05) is 0 Å². The highest BCUT2D eigenvalue weighted by Gasteiger charge is 2.31. The number of nitrogens with one attached hydrogen (secondary N) is 2. The van der Waals surface area contributed by atoms with Crippen LogP contribution >= 0.6 is 23.7 Å². The molecular weight excluding hydrogens is 405 g/mol. The zero-order valence-corrected chi connectivity index (χ0v) is 15.6. The Balaban J connectivity index is 0.00000261. The van der Waals surface area contributed by atoms with Gasteiger partial charge in [0.2, 0.25) is 0 Å². The number of hydrogen-bond donors (Lipinski definition) is 3. The summed E-state index contributed by atoms with van der Waals surface area (Å²) in [6.07, 6.45) is -5.19. The summed E-state index contributed by atoms with van der Waals surface area (Å²) in [6.45, 7) is 1.56. The molecule has 1 aliphatic heterocycles. The molecule has 0 saturated carbocycles. The van der Waals surface area contributed by atoms with Crippen molar-refractivity contribution in [1.29, 1.82) is 0 Å². The van der Waals surface area contributed by atoms with E-state index in [2.05, 4.69) is 15.4 Å². The van der Waals surface area contributed by atoms with Gasteiger partial charge in [-0.2, -0.15) is 0 Å². The van der Waals surface area contributed by atoms with E-state index < -0.39 is 12.5 Å².